The standard InChI is InChI=1S/C19H18S/c1-4-13(2)11-14(3)15-9-10-19-17(12-15)16-7-5-6-8-18(16)20-19/h4-12H,1-3H3/b13-4-,14-11+. The second kappa shape index (κ2) is 5.26. The lowest BCUT2D eigenvalue weighted by atomic mass is 10.0. The lowest BCUT2D eigenvalue weighted by molar-refractivity contribution is 1.46. The zero-order chi connectivity index (χ0) is 14.1. The van der Waals surface area contributed by atoms with Gasteiger partial charge in [-0.05, 0) is 50.1 Å². The number of hydrogen-bond acceptors (Lipinski definition) is 1. The third kappa shape index (κ3) is 2.30. The first-order valence-corrected chi connectivity index (χ1v) is 7.73. The molecule has 20 heavy (non-hydrogen) atoms. The summed E-state index contributed by atoms with van der Waals surface area (Å²) >= 11 is 1.87. The van der Waals surface area contributed by atoms with Crippen LogP contribution < -0.4 is 0 Å². The van der Waals surface area contributed by atoms with Gasteiger partial charge < -0.3 is 0 Å². The lowest BCUT2D eigenvalue weighted by Gasteiger charge is -2.03. The molecule has 0 saturated carbocycles. The molecule has 0 N–H and O–H groups in total. The van der Waals surface area contributed by atoms with Gasteiger partial charge in [-0.1, -0.05) is 42.0 Å². The fraction of sp³-hybridized carbons (Fsp3) is 0.158. The molecular formula is C19H18S. The molecule has 0 aliphatic carbocycles. The van der Waals surface area contributed by atoms with Crippen molar-refractivity contribution in [1.29, 1.82) is 0 Å². The van der Waals surface area contributed by atoms with Crippen LogP contribution in [0.25, 0.3) is 25.7 Å². The van der Waals surface area contributed by atoms with Gasteiger partial charge in [0.2, 0.25) is 0 Å². The van der Waals surface area contributed by atoms with E-state index in [4.69, 9.17) is 0 Å². The molecule has 1 heterocycles. The van der Waals surface area contributed by atoms with Gasteiger partial charge in [-0.2, -0.15) is 0 Å². The zero-order valence-corrected chi connectivity index (χ0v) is 12.9. The third-order valence-corrected chi connectivity index (χ3v) is 4.88. The van der Waals surface area contributed by atoms with Crippen LogP contribution in [0.3, 0.4) is 0 Å². The minimum absolute atomic E-state index is 1.30. The fourth-order valence-electron chi connectivity index (χ4n) is 2.48. The Morgan fingerprint density at radius 2 is 1.70 bits per heavy atom. The van der Waals surface area contributed by atoms with Crippen molar-refractivity contribution >= 4 is 37.1 Å². The molecule has 0 fully saturated rings. The summed E-state index contributed by atoms with van der Waals surface area (Å²) in [6.45, 7) is 6.40. The van der Waals surface area contributed by atoms with Crippen molar-refractivity contribution in [2.45, 2.75) is 20.8 Å². The van der Waals surface area contributed by atoms with Crippen LogP contribution in [0.5, 0.6) is 0 Å². The van der Waals surface area contributed by atoms with Gasteiger partial charge in [0.1, 0.15) is 0 Å². The predicted octanol–water partition coefficient (Wildman–Crippen LogP) is 6.42. The molecule has 0 radical (unpaired) electrons. The van der Waals surface area contributed by atoms with Crippen molar-refractivity contribution < 1.29 is 0 Å². The van der Waals surface area contributed by atoms with Gasteiger partial charge in [0.25, 0.3) is 0 Å². The molecule has 0 unspecified atom stereocenters. The summed E-state index contributed by atoms with van der Waals surface area (Å²) in [5, 5.41) is 2.74. The highest BCUT2D eigenvalue weighted by Gasteiger charge is 2.05. The Morgan fingerprint density at radius 3 is 2.50 bits per heavy atom. The molecule has 1 heteroatoms. The normalized spacial score (nSPS) is 13.3. The molecule has 0 atom stereocenters. The lowest BCUT2D eigenvalue weighted by Crippen LogP contribution is -1.80. The first kappa shape index (κ1) is 13.1. The highest BCUT2D eigenvalue weighted by Crippen LogP contribution is 2.35. The predicted molar refractivity (Wildman–Crippen MR) is 92.4 cm³/mol. The van der Waals surface area contributed by atoms with E-state index in [0.717, 1.165) is 0 Å². The van der Waals surface area contributed by atoms with Gasteiger partial charge in [-0.15, -0.1) is 11.3 Å². The van der Waals surface area contributed by atoms with Crippen LogP contribution in [0, 0.1) is 0 Å². The highest BCUT2D eigenvalue weighted by atomic mass is 32.1. The molecule has 0 aliphatic heterocycles. The molecule has 0 amide bonds. The SMILES string of the molecule is C/C=C(C)\C=C(/C)c1ccc2sc3ccccc3c2c1. The summed E-state index contributed by atoms with van der Waals surface area (Å²) in [6.07, 6.45) is 4.39. The van der Waals surface area contributed by atoms with Crippen molar-refractivity contribution in [3.05, 3.63) is 65.8 Å². The Bertz CT molecular complexity index is 831. The summed E-state index contributed by atoms with van der Waals surface area (Å²) in [6, 6.07) is 15.4. The minimum atomic E-state index is 1.30. The van der Waals surface area contributed by atoms with E-state index in [2.05, 4.69) is 75.4 Å². The summed E-state index contributed by atoms with van der Waals surface area (Å²) in [5.41, 5.74) is 3.93. The van der Waals surface area contributed by atoms with Crippen molar-refractivity contribution in [1.82, 2.24) is 0 Å². The molecule has 3 rings (SSSR count). The van der Waals surface area contributed by atoms with Crippen molar-refractivity contribution in [2.24, 2.45) is 0 Å². The molecule has 0 spiro atoms. The largest absolute Gasteiger partial charge is 0.135 e. The molecular weight excluding hydrogens is 260 g/mol. The van der Waals surface area contributed by atoms with Crippen LogP contribution >= 0.6 is 11.3 Å². The Labute approximate surface area is 124 Å². The van der Waals surface area contributed by atoms with Gasteiger partial charge in [0.15, 0.2) is 0 Å². The number of allylic oxidation sites excluding steroid dienone is 4. The van der Waals surface area contributed by atoms with E-state index in [1.54, 1.807) is 0 Å². The Morgan fingerprint density at radius 1 is 0.950 bits per heavy atom. The first-order valence-electron chi connectivity index (χ1n) is 6.92. The first-order chi connectivity index (χ1) is 9.69. The van der Waals surface area contributed by atoms with Crippen molar-refractivity contribution in [3.8, 4) is 0 Å². The van der Waals surface area contributed by atoms with E-state index >= 15 is 0 Å². The zero-order valence-electron chi connectivity index (χ0n) is 12.1. The average molecular weight is 278 g/mol. The van der Waals surface area contributed by atoms with E-state index in [0.29, 0.717) is 0 Å². The van der Waals surface area contributed by atoms with Gasteiger partial charge in [0.05, 0.1) is 0 Å². The van der Waals surface area contributed by atoms with E-state index < -0.39 is 0 Å². The molecule has 3 aromatic rings. The van der Waals surface area contributed by atoms with Crippen LogP contribution in [0.1, 0.15) is 26.3 Å². The molecule has 0 bridgehead atoms. The maximum Gasteiger partial charge on any atom is 0.0355 e. The summed E-state index contributed by atoms with van der Waals surface area (Å²) in [7, 11) is 0. The Hall–Kier alpha value is -1.86. The van der Waals surface area contributed by atoms with Gasteiger partial charge >= 0.3 is 0 Å². The maximum absolute atomic E-state index is 2.32. The number of thiophene rings is 1. The van der Waals surface area contributed by atoms with Gasteiger partial charge in [-0.25, -0.2) is 0 Å². The quantitative estimate of drug-likeness (QED) is 0.474. The summed E-state index contributed by atoms with van der Waals surface area (Å²) in [5.74, 6) is 0. The summed E-state index contributed by atoms with van der Waals surface area (Å²) in [4.78, 5) is 0. The maximum atomic E-state index is 2.32. The molecule has 2 aromatic carbocycles. The topological polar surface area (TPSA) is 0 Å². The van der Waals surface area contributed by atoms with E-state index in [9.17, 15) is 0 Å². The molecule has 0 aliphatic rings. The van der Waals surface area contributed by atoms with Gasteiger partial charge in [-0.3, -0.25) is 0 Å². The van der Waals surface area contributed by atoms with Crippen LogP contribution in [-0.2, 0) is 0 Å². The number of benzene rings is 2. The smallest absolute Gasteiger partial charge is 0.0355 e. The average Bonchev–Trinajstić information content (AvgIpc) is 2.84. The highest BCUT2D eigenvalue weighted by molar-refractivity contribution is 7.25. The van der Waals surface area contributed by atoms with Crippen LogP contribution in [0.4, 0.5) is 0 Å². The summed E-state index contributed by atoms with van der Waals surface area (Å²) < 4.78 is 2.73. The molecule has 0 saturated heterocycles. The Kier molecular flexibility index (Phi) is 3.45. The monoisotopic (exact) mass is 278 g/mol. The van der Waals surface area contributed by atoms with Crippen molar-refractivity contribution in [3.63, 3.8) is 0 Å². The molecule has 1 aromatic heterocycles. The van der Waals surface area contributed by atoms with Crippen LogP contribution in [0.2, 0.25) is 0 Å². The number of rotatable bonds is 2. The Balaban J connectivity index is 2.19. The fourth-order valence-corrected chi connectivity index (χ4v) is 3.57. The molecule has 100 valence electrons. The van der Waals surface area contributed by atoms with Gasteiger partial charge in [0, 0.05) is 20.2 Å². The minimum Gasteiger partial charge on any atom is -0.135 e. The molecule has 0 nitrogen and oxygen atoms in total. The van der Waals surface area contributed by atoms with E-state index in [1.165, 1.54) is 36.9 Å². The second-order valence-electron chi connectivity index (χ2n) is 5.17. The van der Waals surface area contributed by atoms with Crippen LogP contribution in [0.15, 0.2) is 60.2 Å². The number of hydrogen-bond donors (Lipinski definition) is 0. The van der Waals surface area contributed by atoms with Crippen molar-refractivity contribution in [2.75, 3.05) is 0 Å². The van der Waals surface area contributed by atoms with Crippen LogP contribution in [-0.4, -0.2) is 0 Å². The third-order valence-electron chi connectivity index (χ3n) is 3.73. The van der Waals surface area contributed by atoms with E-state index in [-0.39, 0.29) is 0 Å². The van der Waals surface area contributed by atoms with E-state index in [1.807, 2.05) is 11.3 Å². The number of fused-ring (bicyclic) bond motifs is 3. The second-order valence-corrected chi connectivity index (χ2v) is 6.25.